The summed E-state index contributed by atoms with van der Waals surface area (Å²) in [5.41, 5.74) is -0.898. The SMILES string of the molecule is C[C@@H]1[C@H](C)CCC[C@H]1NC(=O)COC(=O)CNC(=O)c1ccc(C(F)(F)F)cc1. The summed E-state index contributed by atoms with van der Waals surface area (Å²) in [4.78, 5) is 35.6. The highest BCUT2D eigenvalue weighted by Crippen LogP contribution is 2.30. The van der Waals surface area contributed by atoms with Crippen molar-refractivity contribution in [2.24, 2.45) is 11.8 Å². The minimum atomic E-state index is -4.49. The highest BCUT2D eigenvalue weighted by Gasteiger charge is 2.30. The Morgan fingerprint density at radius 2 is 1.76 bits per heavy atom. The van der Waals surface area contributed by atoms with E-state index < -0.39 is 42.7 Å². The minimum absolute atomic E-state index is 0.0241. The van der Waals surface area contributed by atoms with Gasteiger partial charge in [0.25, 0.3) is 11.8 Å². The van der Waals surface area contributed by atoms with Gasteiger partial charge in [-0.05, 0) is 42.5 Å². The van der Waals surface area contributed by atoms with Crippen molar-refractivity contribution in [2.45, 2.75) is 45.3 Å². The van der Waals surface area contributed by atoms with Gasteiger partial charge in [0, 0.05) is 11.6 Å². The third-order valence-corrected chi connectivity index (χ3v) is 5.29. The van der Waals surface area contributed by atoms with Gasteiger partial charge >= 0.3 is 12.1 Å². The number of hydrogen-bond donors (Lipinski definition) is 2. The molecule has 6 nitrogen and oxygen atoms in total. The van der Waals surface area contributed by atoms with Gasteiger partial charge in [-0.3, -0.25) is 14.4 Å². The fourth-order valence-electron chi connectivity index (χ4n) is 3.30. The molecule has 0 radical (unpaired) electrons. The molecule has 1 aromatic carbocycles. The molecular formula is C20H25F3N2O4. The molecule has 29 heavy (non-hydrogen) atoms. The van der Waals surface area contributed by atoms with Gasteiger partial charge in [-0.15, -0.1) is 0 Å². The number of hydrogen-bond acceptors (Lipinski definition) is 4. The molecule has 9 heteroatoms. The first kappa shape index (κ1) is 22.7. The molecule has 0 aromatic heterocycles. The van der Waals surface area contributed by atoms with E-state index in [-0.39, 0.29) is 11.6 Å². The molecule has 0 unspecified atom stereocenters. The number of nitrogens with one attached hydrogen (secondary N) is 2. The highest BCUT2D eigenvalue weighted by molar-refractivity contribution is 5.96. The monoisotopic (exact) mass is 414 g/mol. The number of esters is 1. The maximum atomic E-state index is 12.5. The van der Waals surface area contributed by atoms with Crippen LogP contribution in [0.1, 0.15) is 49.0 Å². The number of alkyl halides is 3. The van der Waals surface area contributed by atoms with E-state index in [9.17, 15) is 27.6 Å². The van der Waals surface area contributed by atoms with Crippen LogP contribution in [0, 0.1) is 11.8 Å². The van der Waals surface area contributed by atoms with Gasteiger partial charge in [0.1, 0.15) is 6.54 Å². The number of carbonyl (C=O) groups is 3. The molecule has 0 saturated heterocycles. The second-order valence-corrected chi connectivity index (χ2v) is 7.36. The van der Waals surface area contributed by atoms with Crippen molar-refractivity contribution in [1.82, 2.24) is 10.6 Å². The number of rotatable bonds is 6. The van der Waals surface area contributed by atoms with E-state index in [1.54, 1.807) is 0 Å². The highest BCUT2D eigenvalue weighted by atomic mass is 19.4. The maximum absolute atomic E-state index is 12.5. The number of halogens is 3. The summed E-state index contributed by atoms with van der Waals surface area (Å²) < 4.78 is 42.4. The van der Waals surface area contributed by atoms with Crippen LogP contribution in [-0.4, -0.2) is 37.0 Å². The molecule has 3 atom stereocenters. The Hall–Kier alpha value is -2.58. The van der Waals surface area contributed by atoms with E-state index in [0.717, 1.165) is 43.5 Å². The molecule has 2 N–H and O–H groups in total. The first-order valence-electron chi connectivity index (χ1n) is 9.48. The predicted octanol–water partition coefficient (Wildman–Crippen LogP) is 2.92. The smallest absolute Gasteiger partial charge is 0.416 e. The zero-order chi connectivity index (χ0) is 21.6. The summed E-state index contributed by atoms with van der Waals surface area (Å²) >= 11 is 0. The lowest BCUT2D eigenvalue weighted by molar-refractivity contribution is -0.147. The third-order valence-electron chi connectivity index (χ3n) is 5.29. The fraction of sp³-hybridized carbons (Fsp3) is 0.550. The van der Waals surface area contributed by atoms with E-state index in [0.29, 0.717) is 11.8 Å². The number of ether oxygens (including phenoxy) is 1. The number of carbonyl (C=O) groups excluding carboxylic acids is 3. The van der Waals surface area contributed by atoms with Crippen molar-refractivity contribution < 1.29 is 32.3 Å². The zero-order valence-corrected chi connectivity index (χ0v) is 16.3. The van der Waals surface area contributed by atoms with E-state index >= 15 is 0 Å². The standard InChI is InChI=1S/C20H25F3N2O4/c1-12-4-3-5-16(13(12)2)25-17(26)11-29-18(27)10-24-19(28)14-6-8-15(9-7-14)20(21,22)23/h6-9,12-13,16H,3-5,10-11H2,1-2H3,(H,24,28)(H,25,26)/t12-,13-,16-/m1/s1. The average Bonchev–Trinajstić information content (AvgIpc) is 2.67. The van der Waals surface area contributed by atoms with Gasteiger partial charge in [-0.25, -0.2) is 0 Å². The van der Waals surface area contributed by atoms with Crippen LogP contribution in [0.15, 0.2) is 24.3 Å². The van der Waals surface area contributed by atoms with Gasteiger partial charge in [0.15, 0.2) is 6.61 Å². The number of amides is 2. The lowest BCUT2D eigenvalue weighted by Crippen LogP contribution is -2.45. The summed E-state index contributed by atoms with van der Waals surface area (Å²) in [6.07, 6.45) is -1.45. The zero-order valence-electron chi connectivity index (χ0n) is 16.3. The number of benzene rings is 1. The molecule has 0 bridgehead atoms. The van der Waals surface area contributed by atoms with Crippen molar-refractivity contribution in [1.29, 1.82) is 0 Å². The van der Waals surface area contributed by atoms with E-state index in [2.05, 4.69) is 24.5 Å². The molecule has 0 heterocycles. The van der Waals surface area contributed by atoms with Crippen LogP contribution in [0.25, 0.3) is 0 Å². The van der Waals surface area contributed by atoms with Crippen LogP contribution >= 0.6 is 0 Å². The Balaban J connectivity index is 1.72. The van der Waals surface area contributed by atoms with Crippen LogP contribution in [0.2, 0.25) is 0 Å². The van der Waals surface area contributed by atoms with Gasteiger partial charge in [0.05, 0.1) is 5.56 Å². The molecule has 160 valence electrons. The summed E-state index contributed by atoms with van der Waals surface area (Å²) in [6, 6.07) is 3.64. The Bertz CT molecular complexity index is 734. The Kier molecular flexibility index (Phi) is 7.64. The lowest BCUT2D eigenvalue weighted by atomic mass is 9.78. The van der Waals surface area contributed by atoms with Crippen LogP contribution < -0.4 is 10.6 Å². The molecule has 1 aliphatic carbocycles. The second-order valence-electron chi connectivity index (χ2n) is 7.36. The molecule has 2 rings (SSSR count). The van der Waals surface area contributed by atoms with Gasteiger partial charge in [0.2, 0.25) is 0 Å². The van der Waals surface area contributed by atoms with E-state index in [4.69, 9.17) is 4.74 Å². The maximum Gasteiger partial charge on any atom is 0.416 e. The third kappa shape index (κ3) is 6.76. The van der Waals surface area contributed by atoms with Crippen LogP contribution in [0.5, 0.6) is 0 Å². The summed E-state index contributed by atoms with van der Waals surface area (Å²) in [6.45, 7) is 3.27. The van der Waals surface area contributed by atoms with Gasteiger partial charge in [-0.1, -0.05) is 26.7 Å². The molecule has 1 aromatic rings. The molecule has 1 fully saturated rings. The van der Waals surface area contributed by atoms with Crippen molar-refractivity contribution >= 4 is 17.8 Å². The average molecular weight is 414 g/mol. The summed E-state index contributed by atoms with van der Waals surface area (Å²) in [5, 5.41) is 5.12. The fourth-order valence-corrected chi connectivity index (χ4v) is 3.30. The van der Waals surface area contributed by atoms with Crippen LogP contribution in [0.3, 0.4) is 0 Å². The van der Waals surface area contributed by atoms with Gasteiger partial charge < -0.3 is 15.4 Å². The summed E-state index contributed by atoms with van der Waals surface area (Å²) in [5.74, 6) is -1.09. The predicted molar refractivity (Wildman–Crippen MR) is 98.8 cm³/mol. The van der Waals surface area contributed by atoms with Crippen LogP contribution in [0.4, 0.5) is 13.2 Å². The van der Waals surface area contributed by atoms with E-state index in [1.807, 2.05) is 0 Å². The topological polar surface area (TPSA) is 84.5 Å². The molecule has 2 amide bonds. The molecule has 1 aliphatic rings. The Morgan fingerprint density at radius 1 is 1.10 bits per heavy atom. The normalized spacial score (nSPS) is 21.9. The van der Waals surface area contributed by atoms with E-state index in [1.165, 1.54) is 0 Å². The van der Waals surface area contributed by atoms with Crippen molar-refractivity contribution in [3.8, 4) is 0 Å². The minimum Gasteiger partial charge on any atom is -0.454 e. The second kappa shape index (κ2) is 9.76. The largest absolute Gasteiger partial charge is 0.454 e. The lowest BCUT2D eigenvalue weighted by Gasteiger charge is -2.34. The first-order chi connectivity index (χ1) is 13.6. The quantitative estimate of drug-likeness (QED) is 0.701. The molecule has 1 saturated carbocycles. The molecule has 0 aliphatic heterocycles. The summed E-state index contributed by atoms with van der Waals surface area (Å²) in [7, 11) is 0. The Morgan fingerprint density at radius 3 is 2.38 bits per heavy atom. The van der Waals surface area contributed by atoms with Crippen molar-refractivity contribution in [3.05, 3.63) is 35.4 Å². The molecular weight excluding hydrogens is 389 g/mol. The van der Waals surface area contributed by atoms with Crippen molar-refractivity contribution in [3.63, 3.8) is 0 Å². The Labute approximate surface area is 167 Å². The van der Waals surface area contributed by atoms with Crippen LogP contribution in [-0.2, 0) is 20.5 Å². The first-order valence-corrected chi connectivity index (χ1v) is 9.48. The molecule has 0 spiro atoms. The van der Waals surface area contributed by atoms with Crippen molar-refractivity contribution in [2.75, 3.05) is 13.2 Å². The van der Waals surface area contributed by atoms with Gasteiger partial charge in [-0.2, -0.15) is 13.2 Å².